The Labute approximate surface area is 131 Å². The molecule has 2 fully saturated rings. The molecule has 2 aromatic carbocycles. The van der Waals surface area contributed by atoms with Crippen LogP contribution in [0.2, 0.25) is 0 Å². The minimum atomic E-state index is 0.347. The average Bonchev–Trinajstić information content (AvgIpc) is 2.54. The van der Waals surface area contributed by atoms with Crippen molar-refractivity contribution in [3.8, 4) is 11.5 Å². The predicted molar refractivity (Wildman–Crippen MR) is 88.7 cm³/mol. The van der Waals surface area contributed by atoms with E-state index in [1.807, 2.05) is 6.07 Å². The number of rotatable bonds is 3. The molecule has 2 heterocycles. The van der Waals surface area contributed by atoms with E-state index in [9.17, 15) is 0 Å². The van der Waals surface area contributed by atoms with Crippen molar-refractivity contribution in [1.82, 2.24) is 5.32 Å². The molecule has 0 amide bonds. The molecule has 2 aromatic rings. The molecule has 3 heteroatoms. The van der Waals surface area contributed by atoms with Crippen molar-refractivity contribution in [3.63, 3.8) is 0 Å². The fourth-order valence-electron chi connectivity index (χ4n) is 3.91. The number of methoxy groups -OCH3 is 1. The van der Waals surface area contributed by atoms with Crippen molar-refractivity contribution in [3.05, 3.63) is 36.4 Å². The van der Waals surface area contributed by atoms with Gasteiger partial charge in [0.05, 0.1) is 7.11 Å². The lowest BCUT2D eigenvalue weighted by Crippen LogP contribution is -2.51. The first-order valence-electron chi connectivity index (χ1n) is 8.31. The SMILES string of the molecule is COc1ccc2ccc(OC3C[C@H]4CCC[C@@H](C3)N4)cc2c1. The third-order valence-corrected chi connectivity index (χ3v) is 4.99. The highest BCUT2D eigenvalue weighted by Gasteiger charge is 2.32. The highest BCUT2D eigenvalue weighted by Crippen LogP contribution is 2.30. The Balaban J connectivity index is 1.53. The van der Waals surface area contributed by atoms with Gasteiger partial charge in [-0.05, 0) is 60.7 Å². The van der Waals surface area contributed by atoms with Crippen LogP contribution < -0.4 is 14.8 Å². The zero-order chi connectivity index (χ0) is 14.9. The standard InChI is InChI=1S/C19H23NO2/c1-21-17-7-5-13-6-8-18(10-14(13)9-17)22-19-11-15-3-2-4-16(12-19)20-15/h5-10,15-16,19-20H,2-4,11-12H2,1H3/t15-,16+,19?. The summed E-state index contributed by atoms with van der Waals surface area (Å²) in [5, 5.41) is 6.11. The Hall–Kier alpha value is -1.74. The smallest absolute Gasteiger partial charge is 0.120 e. The summed E-state index contributed by atoms with van der Waals surface area (Å²) in [7, 11) is 1.70. The second-order valence-corrected chi connectivity index (χ2v) is 6.58. The summed E-state index contributed by atoms with van der Waals surface area (Å²) in [6.07, 6.45) is 6.57. The summed E-state index contributed by atoms with van der Waals surface area (Å²) in [5.74, 6) is 1.87. The number of piperidine rings is 2. The van der Waals surface area contributed by atoms with Crippen LogP contribution in [0.4, 0.5) is 0 Å². The summed E-state index contributed by atoms with van der Waals surface area (Å²) in [6.45, 7) is 0. The lowest BCUT2D eigenvalue weighted by molar-refractivity contribution is 0.0928. The van der Waals surface area contributed by atoms with E-state index < -0.39 is 0 Å². The van der Waals surface area contributed by atoms with Gasteiger partial charge in [0.25, 0.3) is 0 Å². The Kier molecular flexibility index (Phi) is 3.67. The van der Waals surface area contributed by atoms with E-state index in [0.717, 1.165) is 24.3 Å². The topological polar surface area (TPSA) is 30.5 Å². The third kappa shape index (κ3) is 2.78. The van der Waals surface area contributed by atoms with E-state index in [-0.39, 0.29) is 0 Å². The zero-order valence-electron chi connectivity index (χ0n) is 13.0. The van der Waals surface area contributed by atoms with Crippen LogP contribution in [0.25, 0.3) is 10.8 Å². The van der Waals surface area contributed by atoms with Gasteiger partial charge in [0.15, 0.2) is 0 Å². The number of fused-ring (bicyclic) bond motifs is 3. The molecule has 0 radical (unpaired) electrons. The van der Waals surface area contributed by atoms with Crippen LogP contribution in [0.15, 0.2) is 36.4 Å². The maximum atomic E-state index is 6.29. The van der Waals surface area contributed by atoms with Gasteiger partial charge in [0.2, 0.25) is 0 Å². The van der Waals surface area contributed by atoms with Crippen molar-refractivity contribution >= 4 is 10.8 Å². The highest BCUT2D eigenvalue weighted by molar-refractivity contribution is 5.85. The van der Waals surface area contributed by atoms with Gasteiger partial charge in [-0.2, -0.15) is 0 Å². The molecule has 2 aliphatic rings. The highest BCUT2D eigenvalue weighted by atomic mass is 16.5. The Morgan fingerprint density at radius 2 is 1.59 bits per heavy atom. The summed E-state index contributed by atoms with van der Waals surface area (Å²) < 4.78 is 11.6. The fraction of sp³-hybridized carbons (Fsp3) is 0.474. The van der Waals surface area contributed by atoms with Crippen LogP contribution >= 0.6 is 0 Å². The van der Waals surface area contributed by atoms with Crippen molar-refractivity contribution < 1.29 is 9.47 Å². The number of hydrogen-bond acceptors (Lipinski definition) is 3. The maximum absolute atomic E-state index is 6.29. The van der Waals surface area contributed by atoms with Crippen molar-refractivity contribution in [2.75, 3.05) is 7.11 Å². The van der Waals surface area contributed by atoms with E-state index in [1.54, 1.807) is 7.11 Å². The van der Waals surface area contributed by atoms with Gasteiger partial charge >= 0.3 is 0 Å². The summed E-state index contributed by atoms with van der Waals surface area (Å²) in [6, 6.07) is 13.8. The first-order valence-corrected chi connectivity index (χ1v) is 8.31. The molecule has 22 heavy (non-hydrogen) atoms. The monoisotopic (exact) mass is 297 g/mol. The molecular weight excluding hydrogens is 274 g/mol. The first-order chi connectivity index (χ1) is 10.8. The van der Waals surface area contributed by atoms with Crippen molar-refractivity contribution in [2.24, 2.45) is 0 Å². The second-order valence-electron chi connectivity index (χ2n) is 6.58. The van der Waals surface area contributed by atoms with Crippen LogP contribution in [0.1, 0.15) is 32.1 Å². The number of benzene rings is 2. The summed E-state index contributed by atoms with van der Waals surface area (Å²) in [5.41, 5.74) is 0. The largest absolute Gasteiger partial charge is 0.497 e. The first kappa shape index (κ1) is 13.9. The van der Waals surface area contributed by atoms with E-state index in [0.29, 0.717) is 18.2 Å². The van der Waals surface area contributed by atoms with Gasteiger partial charge in [0.1, 0.15) is 17.6 Å². The minimum absolute atomic E-state index is 0.347. The van der Waals surface area contributed by atoms with Gasteiger partial charge in [-0.3, -0.25) is 0 Å². The second kappa shape index (κ2) is 5.81. The Morgan fingerprint density at radius 1 is 0.909 bits per heavy atom. The quantitative estimate of drug-likeness (QED) is 0.932. The minimum Gasteiger partial charge on any atom is -0.497 e. The van der Waals surface area contributed by atoms with Crippen LogP contribution in [0.5, 0.6) is 11.5 Å². The van der Waals surface area contributed by atoms with Crippen LogP contribution in [-0.4, -0.2) is 25.3 Å². The molecule has 0 aliphatic carbocycles. The van der Waals surface area contributed by atoms with Crippen LogP contribution in [-0.2, 0) is 0 Å². The maximum Gasteiger partial charge on any atom is 0.120 e. The Bertz CT molecular complexity index is 658. The molecule has 0 spiro atoms. The zero-order valence-corrected chi connectivity index (χ0v) is 13.0. The molecule has 2 saturated heterocycles. The van der Waals surface area contributed by atoms with Gasteiger partial charge in [0, 0.05) is 12.1 Å². The predicted octanol–water partition coefficient (Wildman–Crippen LogP) is 3.90. The van der Waals surface area contributed by atoms with Crippen LogP contribution in [0.3, 0.4) is 0 Å². The third-order valence-electron chi connectivity index (χ3n) is 4.99. The molecule has 4 rings (SSSR count). The van der Waals surface area contributed by atoms with Crippen LogP contribution in [0, 0.1) is 0 Å². The molecule has 2 aliphatic heterocycles. The van der Waals surface area contributed by atoms with E-state index >= 15 is 0 Å². The number of ether oxygens (including phenoxy) is 2. The molecular formula is C19H23NO2. The van der Waals surface area contributed by atoms with Crippen molar-refractivity contribution in [2.45, 2.75) is 50.3 Å². The average molecular weight is 297 g/mol. The van der Waals surface area contributed by atoms with Crippen molar-refractivity contribution in [1.29, 1.82) is 0 Å². The van der Waals surface area contributed by atoms with Gasteiger partial charge < -0.3 is 14.8 Å². The molecule has 1 N–H and O–H groups in total. The fourth-order valence-corrected chi connectivity index (χ4v) is 3.91. The van der Waals surface area contributed by atoms with E-state index in [1.165, 1.54) is 30.0 Å². The summed E-state index contributed by atoms with van der Waals surface area (Å²) >= 11 is 0. The molecule has 3 atom stereocenters. The van der Waals surface area contributed by atoms with Gasteiger partial charge in [-0.1, -0.05) is 18.6 Å². The Morgan fingerprint density at radius 3 is 2.32 bits per heavy atom. The van der Waals surface area contributed by atoms with E-state index in [2.05, 4.69) is 35.6 Å². The molecule has 0 saturated carbocycles. The normalized spacial score (nSPS) is 27.6. The molecule has 116 valence electrons. The molecule has 1 unspecified atom stereocenters. The van der Waals surface area contributed by atoms with Gasteiger partial charge in [-0.15, -0.1) is 0 Å². The lowest BCUT2D eigenvalue weighted by Gasteiger charge is -2.40. The molecule has 3 nitrogen and oxygen atoms in total. The van der Waals surface area contributed by atoms with Gasteiger partial charge in [-0.25, -0.2) is 0 Å². The number of hydrogen-bond donors (Lipinski definition) is 1. The lowest BCUT2D eigenvalue weighted by atomic mass is 9.85. The molecule has 2 bridgehead atoms. The summed E-state index contributed by atoms with van der Waals surface area (Å²) in [4.78, 5) is 0. The van der Waals surface area contributed by atoms with E-state index in [4.69, 9.17) is 9.47 Å². The molecule has 0 aromatic heterocycles. The number of nitrogens with one attached hydrogen (secondary N) is 1.